The molecule has 0 radical (unpaired) electrons. The van der Waals surface area contributed by atoms with Crippen molar-refractivity contribution in [2.75, 3.05) is 13.2 Å². The van der Waals surface area contributed by atoms with E-state index in [0.29, 0.717) is 6.04 Å². The van der Waals surface area contributed by atoms with Crippen molar-refractivity contribution in [2.24, 2.45) is 11.7 Å². The normalized spacial score (nSPS) is 26.1. The van der Waals surface area contributed by atoms with Gasteiger partial charge in [-0.15, -0.1) is 12.4 Å². The van der Waals surface area contributed by atoms with Crippen LogP contribution in [-0.2, 0) is 9.53 Å². The Morgan fingerprint density at radius 2 is 1.90 bits per heavy atom. The van der Waals surface area contributed by atoms with Gasteiger partial charge in [-0.2, -0.15) is 0 Å². The Balaban J connectivity index is 0.00000200. The van der Waals surface area contributed by atoms with Crippen molar-refractivity contribution in [1.29, 1.82) is 0 Å². The van der Waals surface area contributed by atoms with Gasteiger partial charge in [0.2, 0.25) is 5.91 Å². The van der Waals surface area contributed by atoms with Crippen LogP contribution in [0.4, 0.5) is 0 Å². The summed E-state index contributed by atoms with van der Waals surface area (Å²) in [7, 11) is 0. The molecule has 1 aliphatic carbocycles. The molecule has 0 bridgehead atoms. The molecule has 2 rings (SSSR count). The van der Waals surface area contributed by atoms with Crippen LogP contribution in [0.1, 0.15) is 52.4 Å². The Morgan fingerprint density at radius 3 is 2.40 bits per heavy atom. The Morgan fingerprint density at radius 1 is 1.25 bits per heavy atom. The van der Waals surface area contributed by atoms with E-state index in [1.165, 1.54) is 12.8 Å². The van der Waals surface area contributed by atoms with Crippen molar-refractivity contribution in [1.82, 2.24) is 4.90 Å². The van der Waals surface area contributed by atoms with Crippen LogP contribution in [0.5, 0.6) is 0 Å². The molecule has 2 fully saturated rings. The highest BCUT2D eigenvalue weighted by Crippen LogP contribution is 2.27. The molecule has 4 nitrogen and oxygen atoms in total. The second-order valence-corrected chi connectivity index (χ2v) is 6.21. The Hall–Kier alpha value is -0.320. The van der Waals surface area contributed by atoms with Gasteiger partial charge in [0.25, 0.3) is 0 Å². The lowest BCUT2D eigenvalue weighted by Crippen LogP contribution is -2.48. The number of amides is 1. The number of ether oxygens (including phenoxy) is 1. The Bertz CT molecular complexity index is 300. The zero-order valence-electron chi connectivity index (χ0n) is 12.7. The number of nitrogens with two attached hydrogens (primary N) is 1. The zero-order valence-corrected chi connectivity index (χ0v) is 13.5. The highest BCUT2D eigenvalue weighted by atomic mass is 35.5. The third-order valence-corrected chi connectivity index (χ3v) is 4.65. The van der Waals surface area contributed by atoms with E-state index in [-0.39, 0.29) is 36.4 Å². The molecular formula is C15H29ClN2O2. The molecule has 20 heavy (non-hydrogen) atoms. The Kier molecular flexibility index (Phi) is 7.27. The van der Waals surface area contributed by atoms with Gasteiger partial charge >= 0.3 is 0 Å². The van der Waals surface area contributed by atoms with Crippen LogP contribution < -0.4 is 5.73 Å². The maximum absolute atomic E-state index is 12.6. The summed E-state index contributed by atoms with van der Waals surface area (Å²) in [6.07, 6.45) is 7.22. The molecule has 1 heterocycles. The number of halogens is 1. The predicted octanol–water partition coefficient (Wildman–Crippen LogP) is 2.34. The fraction of sp³-hybridized carbons (Fsp3) is 0.933. The third kappa shape index (κ3) is 4.34. The lowest BCUT2D eigenvalue weighted by molar-refractivity contribution is -0.139. The minimum Gasteiger partial charge on any atom is -0.376 e. The molecule has 2 N–H and O–H groups in total. The smallest absolute Gasteiger partial charge is 0.227 e. The first-order valence-electron chi connectivity index (χ1n) is 7.77. The van der Waals surface area contributed by atoms with Crippen LogP contribution >= 0.6 is 12.4 Å². The number of nitrogens with zero attached hydrogens (tertiary/aromatic N) is 1. The van der Waals surface area contributed by atoms with E-state index >= 15 is 0 Å². The van der Waals surface area contributed by atoms with E-state index in [4.69, 9.17) is 10.5 Å². The first-order valence-corrected chi connectivity index (χ1v) is 7.77. The van der Waals surface area contributed by atoms with Gasteiger partial charge < -0.3 is 15.4 Å². The van der Waals surface area contributed by atoms with Gasteiger partial charge in [-0.25, -0.2) is 0 Å². The van der Waals surface area contributed by atoms with Gasteiger partial charge in [0.15, 0.2) is 0 Å². The molecule has 5 heteroatoms. The van der Waals surface area contributed by atoms with E-state index in [9.17, 15) is 4.79 Å². The van der Waals surface area contributed by atoms with Gasteiger partial charge in [-0.05, 0) is 32.6 Å². The molecule has 2 aliphatic rings. The van der Waals surface area contributed by atoms with E-state index in [1.54, 1.807) is 0 Å². The third-order valence-electron chi connectivity index (χ3n) is 4.65. The first kappa shape index (κ1) is 17.7. The summed E-state index contributed by atoms with van der Waals surface area (Å²) in [5.41, 5.74) is 5.90. The molecule has 1 saturated carbocycles. The van der Waals surface area contributed by atoms with Crippen molar-refractivity contribution in [2.45, 2.75) is 70.6 Å². The molecule has 1 aliphatic heterocycles. The molecule has 3 unspecified atom stereocenters. The minimum atomic E-state index is -0.0954. The van der Waals surface area contributed by atoms with E-state index in [0.717, 1.165) is 38.8 Å². The molecule has 0 aromatic rings. The molecule has 3 atom stereocenters. The molecular weight excluding hydrogens is 276 g/mol. The summed E-state index contributed by atoms with van der Waals surface area (Å²) in [4.78, 5) is 14.7. The first-order chi connectivity index (χ1) is 9.09. The summed E-state index contributed by atoms with van der Waals surface area (Å²) < 4.78 is 5.71. The van der Waals surface area contributed by atoms with Crippen molar-refractivity contribution < 1.29 is 9.53 Å². The van der Waals surface area contributed by atoms with Crippen molar-refractivity contribution in [3.05, 3.63) is 0 Å². The predicted molar refractivity (Wildman–Crippen MR) is 83.0 cm³/mol. The van der Waals surface area contributed by atoms with Crippen LogP contribution in [0.15, 0.2) is 0 Å². The molecule has 0 aromatic carbocycles. The monoisotopic (exact) mass is 304 g/mol. The van der Waals surface area contributed by atoms with Crippen LogP contribution in [0, 0.1) is 5.92 Å². The van der Waals surface area contributed by atoms with E-state index in [2.05, 4.69) is 4.90 Å². The van der Waals surface area contributed by atoms with Crippen molar-refractivity contribution in [3.63, 3.8) is 0 Å². The largest absolute Gasteiger partial charge is 0.376 e. The lowest BCUT2D eigenvalue weighted by atomic mass is 10.0. The highest BCUT2D eigenvalue weighted by Gasteiger charge is 2.33. The second-order valence-electron chi connectivity index (χ2n) is 6.21. The summed E-state index contributed by atoms with van der Waals surface area (Å²) in [5.74, 6) is 0.124. The fourth-order valence-electron chi connectivity index (χ4n) is 3.13. The van der Waals surface area contributed by atoms with Gasteiger partial charge in [0.05, 0.1) is 12.0 Å². The number of hydrogen-bond donors (Lipinski definition) is 1. The highest BCUT2D eigenvalue weighted by molar-refractivity contribution is 5.85. The Labute approximate surface area is 128 Å². The summed E-state index contributed by atoms with van der Waals surface area (Å²) in [6.45, 7) is 5.48. The number of carbonyl (C=O) groups excluding carboxylic acids is 1. The second kappa shape index (κ2) is 8.20. The number of hydrogen-bond acceptors (Lipinski definition) is 3. The quantitative estimate of drug-likeness (QED) is 0.848. The number of carbonyl (C=O) groups is 1. The van der Waals surface area contributed by atoms with E-state index < -0.39 is 0 Å². The van der Waals surface area contributed by atoms with Gasteiger partial charge in [-0.1, -0.05) is 19.8 Å². The summed E-state index contributed by atoms with van der Waals surface area (Å²) in [5, 5.41) is 0. The van der Waals surface area contributed by atoms with Gasteiger partial charge in [0, 0.05) is 25.2 Å². The maximum atomic E-state index is 12.6. The maximum Gasteiger partial charge on any atom is 0.227 e. The van der Waals surface area contributed by atoms with Crippen LogP contribution in [-0.4, -0.2) is 42.1 Å². The summed E-state index contributed by atoms with van der Waals surface area (Å²) >= 11 is 0. The average molecular weight is 305 g/mol. The van der Waals surface area contributed by atoms with Crippen LogP contribution in [0.2, 0.25) is 0 Å². The topological polar surface area (TPSA) is 55.6 Å². The molecule has 0 aromatic heterocycles. The molecule has 1 saturated heterocycles. The minimum absolute atomic E-state index is 0. The average Bonchev–Trinajstić information content (AvgIpc) is 3.06. The van der Waals surface area contributed by atoms with Crippen LogP contribution in [0.3, 0.4) is 0 Å². The van der Waals surface area contributed by atoms with E-state index in [1.807, 2.05) is 13.8 Å². The molecule has 118 valence electrons. The lowest BCUT2D eigenvalue weighted by Gasteiger charge is -2.34. The number of rotatable bonds is 5. The van der Waals surface area contributed by atoms with Gasteiger partial charge in [0.1, 0.15) is 0 Å². The summed E-state index contributed by atoms with van der Waals surface area (Å²) in [6, 6.07) is 0.332. The standard InChI is InChI=1S/C15H28N2O2.ClH/c1-11(12(2)16)15(18)17(13-6-3-4-7-13)10-14-8-5-9-19-14;/h11-14H,3-10,16H2,1-2H3;1H. The van der Waals surface area contributed by atoms with Crippen LogP contribution in [0.25, 0.3) is 0 Å². The van der Waals surface area contributed by atoms with Gasteiger partial charge in [-0.3, -0.25) is 4.79 Å². The fourth-order valence-corrected chi connectivity index (χ4v) is 3.13. The zero-order chi connectivity index (χ0) is 13.8. The SMILES string of the molecule is CC(N)C(C)C(=O)N(CC1CCCO1)C1CCCC1.Cl. The molecule has 1 amide bonds. The molecule has 0 spiro atoms. The van der Waals surface area contributed by atoms with Crippen molar-refractivity contribution >= 4 is 18.3 Å². The van der Waals surface area contributed by atoms with Crippen molar-refractivity contribution in [3.8, 4) is 0 Å².